The average molecular weight is 1070 g/mol. The Bertz CT molecular complexity index is 3320. The van der Waals surface area contributed by atoms with E-state index in [1.807, 2.05) is 0 Å². The summed E-state index contributed by atoms with van der Waals surface area (Å²) in [6.07, 6.45) is 9.70. The first kappa shape index (κ1) is 55.3. The first-order valence-corrected chi connectivity index (χ1v) is 28.4. The summed E-state index contributed by atoms with van der Waals surface area (Å²) in [6.45, 7) is 13.7. The van der Waals surface area contributed by atoms with Crippen LogP contribution < -0.4 is 36.2 Å². The van der Waals surface area contributed by atoms with Crippen LogP contribution in [0.1, 0.15) is 65.5 Å². The van der Waals surface area contributed by atoms with Gasteiger partial charge in [0, 0.05) is 82.9 Å². The fourth-order valence-electron chi connectivity index (χ4n) is 12.7. The molecule has 0 amide bonds. The first-order valence-electron chi connectivity index (χ1n) is 28.4. The molecule has 406 valence electrons. The summed E-state index contributed by atoms with van der Waals surface area (Å²) in [5, 5.41) is 0. The van der Waals surface area contributed by atoms with Gasteiger partial charge < -0.3 is 19.3 Å². The summed E-state index contributed by atoms with van der Waals surface area (Å²) in [5.74, 6) is -0.550. The number of benzene rings is 8. The van der Waals surface area contributed by atoms with Gasteiger partial charge in [-0.3, -0.25) is 9.59 Å². The molecule has 0 radical (unpaired) electrons. The van der Waals surface area contributed by atoms with E-state index in [2.05, 4.69) is 297 Å². The van der Waals surface area contributed by atoms with Crippen molar-refractivity contribution in [3.63, 3.8) is 0 Å². The van der Waals surface area contributed by atoms with E-state index in [9.17, 15) is 9.59 Å². The van der Waals surface area contributed by atoms with Gasteiger partial charge in [-0.05, 0) is 48.3 Å². The highest BCUT2D eigenvalue weighted by Crippen LogP contribution is 2.49. The zero-order valence-corrected chi connectivity index (χ0v) is 47.5. The Morgan fingerprint density at radius 1 is 0.432 bits per heavy atom. The molecule has 8 aromatic rings. The van der Waals surface area contributed by atoms with Crippen LogP contribution in [0.15, 0.2) is 277 Å². The van der Waals surface area contributed by atoms with E-state index in [1.54, 1.807) is 0 Å². The molecule has 0 spiro atoms. The van der Waals surface area contributed by atoms with E-state index in [0.29, 0.717) is 26.3 Å². The van der Waals surface area contributed by atoms with Crippen LogP contribution in [0.25, 0.3) is 0 Å². The van der Waals surface area contributed by atoms with Crippen LogP contribution in [-0.4, -0.2) is 50.1 Å². The van der Waals surface area contributed by atoms with Crippen LogP contribution in [-0.2, 0) is 29.9 Å². The SMILES string of the molecule is CC(=O)OCCN1C(=CC=C2CC/C(=C\C=C3\N(CCOC(C)=O)c4ccccc4C3(C)C)C2=[N+](c2ccccc2)c2ccccc2)C(C)(C)c2ccccc21.c1ccc([B-](c2ccccc2)(c2ccccc2)c2ccccc2)cc1. The zero-order valence-electron chi connectivity index (χ0n) is 47.5. The predicted octanol–water partition coefficient (Wildman–Crippen LogP) is 13.2. The van der Waals surface area contributed by atoms with Crippen LogP contribution in [0.4, 0.5) is 22.7 Å². The Labute approximate surface area is 479 Å². The van der Waals surface area contributed by atoms with E-state index in [-0.39, 0.29) is 22.8 Å². The van der Waals surface area contributed by atoms with Crippen molar-refractivity contribution in [2.24, 2.45) is 0 Å². The average Bonchev–Trinajstić information content (AvgIpc) is 4.30. The number of rotatable bonds is 14. The van der Waals surface area contributed by atoms with E-state index < -0.39 is 6.15 Å². The first-order chi connectivity index (χ1) is 39.4. The minimum Gasteiger partial charge on any atom is -0.464 e. The molecule has 2 heterocycles. The number of hydrogen-bond acceptors (Lipinski definition) is 6. The second-order valence-corrected chi connectivity index (χ2v) is 22.1. The number of nitrogens with zero attached hydrogens (tertiary/aromatic N) is 3. The van der Waals surface area contributed by atoms with Crippen LogP contribution in [0.2, 0.25) is 0 Å². The van der Waals surface area contributed by atoms with Crippen molar-refractivity contribution in [1.29, 1.82) is 0 Å². The molecule has 0 unspecified atom stereocenters. The van der Waals surface area contributed by atoms with E-state index >= 15 is 0 Å². The zero-order chi connectivity index (χ0) is 56.4. The van der Waals surface area contributed by atoms with Gasteiger partial charge in [0.25, 0.3) is 0 Å². The summed E-state index contributed by atoms with van der Waals surface area (Å²) in [4.78, 5) is 28.1. The normalized spacial score (nSPS) is 16.9. The molecule has 8 aromatic carbocycles. The molecule has 0 aromatic heterocycles. The predicted molar refractivity (Wildman–Crippen MR) is 338 cm³/mol. The van der Waals surface area contributed by atoms with Crippen molar-refractivity contribution < 1.29 is 19.1 Å². The molecular weight excluding hydrogens is 994 g/mol. The molecule has 81 heavy (non-hydrogen) atoms. The highest BCUT2D eigenvalue weighted by atomic mass is 16.5. The monoisotopic (exact) mass is 1070 g/mol. The lowest BCUT2D eigenvalue weighted by Crippen LogP contribution is -2.74. The molecule has 8 heteroatoms. The Hall–Kier alpha value is -9.01. The number of ether oxygens (including phenoxy) is 2. The molecule has 11 rings (SSSR count). The van der Waals surface area contributed by atoms with Crippen LogP contribution in [0.3, 0.4) is 0 Å². The molecule has 3 aliphatic rings. The maximum Gasteiger partial charge on any atom is 0.302 e. The molecule has 7 nitrogen and oxygen atoms in total. The fourth-order valence-corrected chi connectivity index (χ4v) is 12.7. The highest BCUT2D eigenvalue weighted by Gasteiger charge is 2.42. The standard InChI is InChI=1S/C49H52N3O4.C24H20B/c1-35(53)55-33-31-50-43-23-15-13-21-41(43)48(3,4)45(50)29-27-37-25-26-38(47(37)52(39-17-9-7-10-18-39)40-19-11-8-12-20-40)28-30-46-49(5,6)42-22-14-16-24-44(42)51(46)32-34-56-36(2)54;1-5-13-21(14-6-1)25(22-15-7-2-8-16-22,23-17-9-3-10-18-23)24-19-11-4-12-20-24/h7-24,27-30H,25-26,31-34H2,1-6H3;1-20H/q+1;-1. The van der Waals surface area contributed by atoms with E-state index in [0.717, 1.165) is 52.7 Å². The number of para-hydroxylation sites is 4. The van der Waals surface area contributed by atoms with Crippen molar-refractivity contribution in [2.45, 2.75) is 65.2 Å². The summed E-state index contributed by atoms with van der Waals surface area (Å²) in [5.41, 5.74) is 17.8. The molecule has 1 saturated carbocycles. The molecule has 0 saturated heterocycles. The van der Waals surface area contributed by atoms with E-state index in [4.69, 9.17) is 9.47 Å². The van der Waals surface area contributed by atoms with Crippen molar-refractivity contribution in [3.05, 3.63) is 288 Å². The van der Waals surface area contributed by atoms with Crippen molar-refractivity contribution >= 4 is 68.4 Å². The maximum atomic E-state index is 11.8. The second kappa shape index (κ2) is 24.6. The van der Waals surface area contributed by atoms with Gasteiger partial charge in [0.05, 0.1) is 13.1 Å². The maximum absolute atomic E-state index is 11.8. The van der Waals surface area contributed by atoms with Gasteiger partial charge in [-0.1, -0.05) is 234 Å². The molecule has 1 fully saturated rings. The smallest absolute Gasteiger partial charge is 0.302 e. The van der Waals surface area contributed by atoms with Gasteiger partial charge >= 0.3 is 11.9 Å². The fraction of sp³-hybridized carbons (Fsp3) is 0.192. The van der Waals surface area contributed by atoms with Gasteiger partial charge in [0.15, 0.2) is 0 Å². The number of anilines is 2. The van der Waals surface area contributed by atoms with Gasteiger partial charge in [-0.15, -0.1) is 0 Å². The Kier molecular flexibility index (Phi) is 16.8. The largest absolute Gasteiger partial charge is 0.464 e. The third-order valence-electron chi connectivity index (χ3n) is 16.4. The van der Waals surface area contributed by atoms with Crippen LogP contribution in [0, 0.1) is 0 Å². The molecule has 0 atom stereocenters. The van der Waals surface area contributed by atoms with Gasteiger partial charge in [0.2, 0.25) is 17.1 Å². The molecule has 1 aliphatic carbocycles. The third-order valence-corrected chi connectivity index (χ3v) is 16.4. The Morgan fingerprint density at radius 2 is 0.728 bits per heavy atom. The third kappa shape index (κ3) is 11.4. The number of hydrogen-bond donors (Lipinski definition) is 0. The summed E-state index contributed by atoms with van der Waals surface area (Å²) in [7, 11) is 0. The number of esters is 2. The Balaban J connectivity index is 0.000000244. The lowest BCUT2D eigenvalue weighted by Gasteiger charge is -2.44. The highest BCUT2D eigenvalue weighted by molar-refractivity contribution is 7.19. The number of fused-ring (bicyclic) bond motifs is 2. The number of allylic oxidation sites excluding steroid dienone is 8. The lowest BCUT2D eigenvalue weighted by atomic mass is 9.13. The lowest BCUT2D eigenvalue weighted by molar-refractivity contribution is -0.141. The molecular formula is C73H72BN3O4. The minimum atomic E-state index is -1.22. The summed E-state index contributed by atoms with van der Waals surface area (Å²) in [6, 6.07) is 81.8. The van der Waals surface area contributed by atoms with Crippen molar-refractivity contribution in [3.8, 4) is 0 Å². The molecule has 0 bridgehead atoms. The number of carbonyl (C=O) groups is 2. The topological polar surface area (TPSA) is 62.1 Å². The van der Waals surface area contributed by atoms with Gasteiger partial charge in [-0.2, -0.15) is 26.4 Å². The van der Waals surface area contributed by atoms with Crippen molar-refractivity contribution in [1.82, 2.24) is 4.58 Å². The van der Waals surface area contributed by atoms with Gasteiger partial charge in [0.1, 0.15) is 19.4 Å². The summed E-state index contributed by atoms with van der Waals surface area (Å²) >= 11 is 0. The summed E-state index contributed by atoms with van der Waals surface area (Å²) < 4.78 is 13.3. The minimum absolute atomic E-state index is 0.261. The quantitative estimate of drug-likeness (QED) is 0.0614. The molecule has 2 aliphatic heterocycles. The van der Waals surface area contributed by atoms with Crippen molar-refractivity contribution in [2.75, 3.05) is 36.1 Å². The number of carbonyl (C=O) groups excluding carboxylic acids is 2. The van der Waals surface area contributed by atoms with Crippen LogP contribution in [0.5, 0.6) is 0 Å². The Morgan fingerprint density at radius 3 is 1.05 bits per heavy atom. The van der Waals surface area contributed by atoms with E-state index in [1.165, 1.54) is 58.0 Å². The molecule has 0 N–H and O–H groups in total. The van der Waals surface area contributed by atoms with Gasteiger partial charge in [-0.25, -0.2) is 0 Å². The second-order valence-electron chi connectivity index (χ2n) is 22.1. The van der Waals surface area contributed by atoms with Crippen LogP contribution >= 0.6 is 0 Å².